The summed E-state index contributed by atoms with van der Waals surface area (Å²) < 4.78 is 0. The van der Waals surface area contributed by atoms with E-state index in [2.05, 4.69) is 10.3 Å². The number of nitrogens with zero attached hydrogens (tertiary/aromatic N) is 2. The molecule has 2 heterocycles. The first-order chi connectivity index (χ1) is 8.66. The number of hydrogen-bond acceptors (Lipinski definition) is 5. The molecule has 6 heteroatoms. The smallest absolute Gasteiger partial charge is 0.277 e. The molecule has 0 aromatic carbocycles. The molecule has 1 aromatic heterocycles. The number of rotatable bonds is 4. The van der Waals surface area contributed by atoms with Crippen molar-refractivity contribution in [3.8, 4) is 0 Å². The zero-order valence-corrected chi connectivity index (χ0v) is 11.2. The van der Waals surface area contributed by atoms with Crippen molar-refractivity contribution in [2.24, 2.45) is 5.92 Å². The Balaban J connectivity index is 1.96. The second kappa shape index (κ2) is 6.04. The van der Waals surface area contributed by atoms with Crippen LogP contribution in [0.5, 0.6) is 0 Å². The maximum absolute atomic E-state index is 10.8. The molecule has 1 aliphatic heterocycles. The molecule has 5 nitrogen and oxygen atoms in total. The van der Waals surface area contributed by atoms with Crippen LogP contribution < -0.4 is 5.32 Å². The van der Waals surface area contributed by atoms with Crippen LogP contribution in [-0.4, -0.2) is 28.0 Å². The van der Waals surface area contributed by atoms with Gasteiger partial charge in [-0.05, 0) is 37.2 Å². The second-order valence-corrected chi connectivity index (χ2v) is 5.77. The summed E-state index contributed by atoms with van der Waals surface area (Å²) in [4.78, 5) is 14.7. The molecule has 0 saturated carbocycles. The average Bonchev–Trinajstić information content (AvgIpc) is 2.38. The quantitative estimate of drug-likeness (QED) is 0.671. The Morgan fingerprint density at radius 3 is 2.94 bits per heavy atom. The van der Waals surface area contributed by atoms with Gasteiger partial charge in [-0.3, -0.25) is 10.1 Å². The Morgan fingerprint density at radius 2 is 2.28 bits per heavy atom. The van der Waals surface area contributed by atoms with Crippen molar-refractivity contribution in [2.45, 2.75) is 19.8 Å². The Bertz CT molecular complexity index is 433. The highest BCUT2D eigenvalue weighted by Crippen LogP contribution is 2.24. The van der Waals surface area contributed by atoms with Gasteiger partial charge in [0.25, 0.3) is 5.69 Å². The molecule has 1 aromatic rings. The number of nitrogens with one attached hydrogen (secondary N) is 1. The number of thioether (sulfide) groups is 1. The third kappa shape index (κ3) is 3.35. The van der Waals surface area contributed by atoms with E-state index >= 15 is 0 Å². The Morgan fingerprint density at radius 1 is 1.56 bits per heavy atom. The standard InChI is InChI=1S/C12H17N3O2S/c1-9-7-13-12(6-11(9)15(16)17)14-8-10-2-4-18-5-3-10/h6-7,10H,2-5,8H2,1H3,(H,13,14). The van der Waals surface area contributed by atoms with E-state index in [1.54, 1.807) is 13.1 Å². The highest BCUT2D eigenvalue weighted by Gasteiger charge is 2.15. The van der Waals surface area contributed by atoms with Crippen molar-refractivity contribution in [1.29, 1.82) is 0 Å². The van der Waals surface area contributed by atoms with E-state index in [1.165, 1.54) is 30.4 Å². The molecule has 0 radical (unpaired) electrons. The molecule has 0 atom stereocenters. The predicted octanol–water partition coefficient (Wildman–Crippen LogP) is 2.85. The van der Waals surface area contributed by atoms with Gasteiger partial charge in [0.1, 0.15) is 5.82 Å². The normalized spacial score (nSPS) is 16.5. The van der Waals surface area contributed by atoms with Gasteiger partial charge in [-0.2, -0.15) is 11.8 Å². The molecule has 0 unspecified atom stereocenters. The van der Waals surface area contributed by atoms with Crippen LogP contribution in [0.3, 0.4) is 0 Å². The van der Waals surface area contributed by atoms with Gasteiger partial charge in [0.2, 0.25) is 0 Å². The largest absolute Gasteiger partial charge is 0.370 e. The Kier molecular flexibility index (Phi) is 4.41. The molecule has 0 bridgehead atoms. The first-order valence-electron chi connectivity index (χ1n) is 6.09. The summed E-state index contributed by atoms with van der Waals surface area (Å²) in [6, 6.07) is 1.52. The lowest BCUT2D eigenvalue weighted by molar-refractivity contribution is -0.385. The molecule has 98 valence electrons. The van der Waals surface area contributed by atoms with Crippen LogP contribution in [0.25, 0.3) is 0 Å². The zero-order chi connectivity index (χ0) is 13.0. The summed E-state index contributed by atoms with van der Waals surface area (Å²) in [6.45, 7) is 2.56. The molecular formula is C12H17N3O2S. The van der Waals surface area contributed by atoms with Gasteiger partial charge >= 0.3 is 0 Å². The molecule has 1 aliphatic rings. The maximum Gasteiger partial charge on any atom is 0.277 e. The monoisotopic (exact) mass is 267 g/mol. The van der Waals surface area contributed by atoms with Gasteiger partial charge in [-0.25, -0.2) is 4.98 Å². The average molecular weight is 267 g/mol. The van der Waals surface area contributed by atoms with Gasteiger partial charge in [0.15, 0.2) is 0 Å². The fourth-order valence-corrected chi connectivity index (χ4v) is 3.21. The third-order valence-electron chi connectivity index (χ3n) is 3.18. The highest BCUT2D eigenvalue weighted by atomic mass is 32.2. The van der Waals surface area contributed by atoms with Crippen LogP contribution in [0.1, 0.15) is 18.4 Å². The van der Waals surface area contributed by atoms with Crippen LogP contribution >= 0.6 is 11.8 Å². The van der Waals surface area contributed by atoms with Gasteiger partial charge in [-0.1, -0.05) is 0 Å². The third-order valence-corrected chi connectivity index (χ3v) is 4.23. The van der Waals surface area contributed by atoms with Crippen LogP contribution in [-0.2, 0) is 0 Å². The summed E-state index contributed by atoms with van der Waals surface area (Å²) in [6.07, 6.45) is 3.98. The number of anilines is 1. The van der Waals surface area contributed by atoms with Crippen molar-refractivity contribution in [1.82, 2.24) is 4.98 Å². The number of hydrogen-bond donors (Lipinski definition) is 1. The van der Waals surface area contributed by atoms with E-state index in [0.29, 0.717) is 17.3 Å². The molecule has 1 N–H and O–H groups in total. The zero-order valence-electron chi connectivity index (χ0n) is 10.4. The van der Waals surface area contributed by atoms with Crippen molar-refractivity contribution in [3.63, 3.8) is 0 Å². The summed E-state index contributed by atoms with van der Waals surface area (Å²) >= 11 is 2.00. The van der Waals surface area contributed by atoms with Crippen LogP contribution in [0.2, 0.25) is 0 Å². The Hall–Kier alpha value is -1.30. The molecule has 0 aliphatic carbocycles. The maximum atomic E-state index is 10.8. The molecule has 1 saturated heterocycles. The molecular weight excluding hydrogens is 250 g/mol. The van der Waals surface area contributed by atoms with Gasteiger partial charge in [0, 0.05) is 18.3 Å². The molecule has 1 fully saturated rings. The minimum Gasteiger partial charge on any atom is -0.370 e. The van der Waals surface area contributed by atoms with E-state index in [0.717, 1.165) is 6.54 Å². The van der Waals surface area contributed by atoms with Crippen molar-refractivity contribution in [2.75, 3.05) is 23.4 Å². The lowest BCUT2D eigenvalue weighted by Gasteiger charge is -2.21. The fourth-order valence-electron chi connectivity index (χ4n) is 2.01. The van der Waals surface area contributed by atoms with E-state index in [4.69, 9.17) is 0 Å². The van der Waals surface area contributed by atoms with E-state index in [-0.39, 0.29) is 10.6 Å². The predicted molar refractivity (Wildman–Crippen MR) is 74.2 cm³/mol. The van der Waals surface area contributed by atoms with Crippen LogP contribution in [0, 0.1) is 23.0 Å². The van der Waals surface area contributed by atoms with Crippen molar-refractivity contribution in [3.05, 3.63) is 27.9 Å². The van der Waals surface area contributed by atoms with Gasteiger partial charge in [0.05, 0.1) is 11.0 Å². The summed E-state index contributed by atoms with van der Waals surface area (Å²) in [5.74, 6) is 3.70. The topological polar surface area (TPSA) is 68.1 Å². The molecule has 2 rings (SSSR count). The van der Waals surface area contributed by atoms with Crippen molar-refractivity contribution >= 4 is 23.3 Å². The number of pyridine rings is 1. The first kappa shape index (κ1) is 13.1. The van der Waals surface area contributed by atoms with E-state index < -0.39 is 0 Å². The SMILES string of the molecule is Cc1cnc(NCC2CCSCC2)cc1[N+](=O)[O-]. The van der Waals surface area contributed by atoms with Crippen LogP contribution in [0.4, 0.5) is 11.5 Å². The fraction of sp³-hybridized carbons (Fsp3) is 0.583. The highest BCUT2D eigenvalue weighted by molar-refractivity contribution is 7.99. The molecule has 0 spiro atoms. The second-order valence-electron chi connectivity index (χ2n) is 4.55. The minimum absolute atomic E-state index is 0.131. The lowest BCUT2D eigenvalue weighted by atomic mass is 10.0. The summed E-state index contributed by atoms with van der Waals surface area (Å²) in [7, 11) is 0. The number of aromatic nitrogens is 1. The first-order valence-corrected chi connectivity index (χ1v) is 7.25. The van der Waals surface area contributed by atoms with Gasteiger partial charge in [-0.15, -0.1) is 0 Å². The van der Waals surface area contributed by atoms with Crippen molar-refractivity contribution < 1.29 is 4.92 Å². The Labute approximate surface area is 111 Å². The minimum atomic E-state index is -0.362. The van der Waals surface area contributed by atoms with Gasteiger partial charge < -0.3 is 5.32 Å². The molecule has 18 heavy (non-hydrogen) atoms. The van der Waals surface area contributed by atoms with Crippen LogP contribution in [0.15, 0.2) is 12.3 Å². The summed E-state index contributed by atoms with van der Waals surface area (Å²) in [5, 5.41) is 14.0. The van der Waals surface area contributed by atoms with E-state index in [9.17, 15) is 10.1 Å². The van der Waals surface area contributed by atoms with E-state index in [1.807, 2.05) is 11.8 Å². The molecule has 0 amide bonds. The number of nitro groups is 1. The summed E-state index contributed by atoms with van der Waals surface area (Å²) in [5.41, 5.74) is 0.728. The lowest BCUT2D eigenvalue weighted by Crippen LogP contribution is -2.19. The number of aryl methyl sites for hydroxylation is 1.